The summed E-state index contributed by atoms with van der Waals surface area (Å²) in [6.07, 6.45) is 13.7. The number of carboxylic acid groups (broad SMARTS) is 1. The first-order valence-corrected chi connectivity index (χ1v) is 7.75. The third kappa shape index (κ3) is 5.10. The molecule has 21 heavy (non-hydrogen) atoms. The van der Waals surface area contributed by atoms with Gasteiger partial charge in [0.15, 0.2) is 0 Å². The van der Waals surface area contributed by atoms with E-state index in [-0.39, 0.29) is 17.2 Å². The maximum absolute atomic E-state index is 11.0. The number of rotatable bonds is 10. The van der Waals surface area contributed by atoms with Gasteiger partial charge in [0.05, 0.1) is 12.2 Å². The molecule has 2 N–H and O–H groups in total. The highest BCUT2D eigenvalue weighted by Crippen LogP contribution is 2.22. The predicted molar refractivity (Wildman–Crippen MR) is 82.9 cm³/mol. The number of carbonyl (C=O) groups is 1. The second-order valence-electron chi connectivity index (χ2n) is 5.55. The van der Waals surface area contributed by atoms with E-state index in [4.69, 9.17) is 5.73 Å². The Morgan fingerprint density at radius 1 is 1.43 bits per heavy atom. The van der Waals surface area contributed by atoms with Crippen molar-refractivity contribution in [3.05, 3.63) is 24.6 Å². The summed E-state index contributed by atoms with van der Waals surface area (Å²) in [5.41, 5.74) is 5.99. The molecule has 0 radical (unpaired) electrons. The maximum atomic E-state index is 11.0. The van der Waals surface area contributed by atoms with Gasteiger partial charge in [-0.25, -0.2) is 9.48 Å². The molecule has 0 aliphatic carbocycles. The lowest BCUT2D eigenvalue weighted by Crippen LogP contribution is -2.60. The van der Waals surface area contributed by atoms with Crippen LogP contribution in [0, 0.1) is 0 Å². The average Bonchev–Trinajstić information content (AvgIpc) is 2.81. The lowest BCUT2D eigenvalue weighted by molar-refractivity contribution is -0.808. The number of allylic oxidation sites excluding steroid dienone is 2. The summed E-state index contributed by atoms with van der Waals surface area (Å²) in [5.74, 6) is -0.290. The molecule has 0 amide bonds. The third-order valence-corrected chi connectivity index (χ3v) is 3.82. The summed E-state index contributed by atoms with van der Waals surface area (Å²) < 4.78 is 0.0852. The normalized spacial score (nSPS) is 22.7. The molecule has 0 aromatic rings. The molecular weight excluding hydrogens is 266 g/mol. The molecule has 5 heteroatoms. The van der Waals surface area contributed by atoms with E-state index in [1.807, 2.05) is 0 Å². The molecule has 1 heterocycles. The Kier molecular flexibility index (Phi) is 7.32. The maximum Gasteiger partial charge on any atom is 0.209 e. The van der Waals surface area contributed by atoms with Crippen LogP contribution in [0.1, 0.15) is 52.4 Å². The first-order chi connectivity index (χ1) is 10.0. The molecule has 0 spiro atoms. The molecule has 0 fully saturated rings. The summed E-state index contributed by atoms with van der Waals surface area (Å²) in [7, 11) is 0. The number of quaternary nitrogens is 1. The van der Waals surface area contributed by atoms with Crippen LogP contribution in [0.2, 0.25) is 0 Å². The van der Waals surface area contributed by atoms with Crippen LogP contribution in [0.5, 0.6) is 0 Å². The van der Waals surface area contributed by atoms with Crippen molar-refractivity contribution >= 4 is 11.8 Å². The number of unbranched alkanes of at least 4 members (excludes halogenated alkanes) is 3. The zero-order chi connectivity index (χ0) is 15.7. The molecule has 1 aliphatic rings. The van der Waals surface area contributed by atoms with Crippen LogP contribution < -0.4 is 10.8 Å². The Morgan fingerprint density at radius 3 is 2.67 bits per heavy atom. The second kappa shape index (κ2) is 8.74. The van der Waals surface area contributed by atoms with E-state index < -0.39 is 5.97 Å². The molecular formula is C16H27N3O2. The van der Waals surface area contributed by atoms with Crippen molar-refractivity contribution in [3.8, 4) is 0 Å². The van der Waals surface area contributed by atoms with Gasteiger partial charge in [0.2, 0.25) is 5.84 Å². The summed E-state index contributed by atoms with van der Waals surface area (Å²) in [6.45, 7) is 3.83. The fraction of sp³-hybridized carbons (Fsp3) is 0.625. The number of carboxylic acids is 1. The summed E-state index contributed by atoms with van der Waals surface area (Å²) in [4.78, 5) is 15.3. The van der Waals surface area contributed by atoms with Crippen molar-refractivity contribution in [2.24, 2.45) is 10.7 Å². The molecule has 1 aliphatic heterocycles. The van der Waals surface area contributed by atoms with Gasteiger partial charge in [0, 0.05) is 13.3 Å². The zero-order valence-corrected chi connectivity index (χ0v) is 13.1. The highest BCUT2D eigenvalue weighted by Gasteiger charge is 2.38. The molecule has 2 atom stereocenters. The van der Waals surface area contributed by atoms with E-state index in [1.165, 1.54) is 12.8 Å². The van der Waals surface area contributed by atoms with Crippen molar-refractivity contribution in [3.63, 3.8) is 0 Å². The molecule has 0 saturated heterocycles. The summed E-state index contributed by atoms with van der Waals surface area (Å²) in [6, 6.07) is 0. The van der Waals surface area contributed by atoms with Gasteiger partial charge in [-0.15, -0.1) is 0 Å². The number of nitrogens with two attached hydrogens (primary N) is 1. The molecule has 5 nitrogen and oxygen atoms in total. The Balaban J connectivity index is 2.50. The monoisotopic (exact) mass is 293 g/mol. The van der Waals surface area contributed by atoms with Crippen LogP contribution >= 0.6 is 0 Å². The van der Waals surface area contributed by atoms with E-state index in [0.717, 1.165) is 31.5 Å². The van der Waals surface area contributed by atoms with E-state index in [9.17, 15) is 9.90 Å². The SMILES string of the molecule is CCCC/C=C/CCCC1=NC=C[N+]1(CC(=O)[O-])C(C)N. The van der Waals surface area contributed by atoms with E-state index in [2.05, 4.69) is 24.1 Å². The van der Waals surface area contributed by atoms with Crippen LogP contribution in [0.3, 0.4) is 0 Å². The van der Waals surface area contributed by atoms with Gasteiger partial charge in [0.25, 0.3) is 0 Å². The topological polar surface area (TPSA) is 78.5 Å². The van der Waals surface area contributed by atoms with Crippen LogP contribution in [0.15, 0.2) is 29.5 Å². The smallest absolute Gasteiger partial charge is 0.209 e. The van der Waals surface area contributed by atoms with Gasteiger partial charge in [-0.2, -0.15) is 0 Å². The van der Waals surface area contributed by atoms with Crippen molar-refractivity contribution < 1.29 is 14.4 Å². The van der Waals surface area contributed by atoms with Crippen molar-refractivity contribution in [2.45, 2.75) is 58.5 Å². The quantitative estimate of drug-likeness (QED) is 0.378. The molecule has 1 rings (SSSR count). The van der Waals surface area contributed by atoms with E-state index >= 15 is 0 Å². The van der Waals surface area contributed by atoms with Gasteiger partial charge in [-0.3, -0.25) is 5.73 Å². The number of hydrogen-bond donors (Lipinski definition) is 1. The molecule has 118 valence electrons. The standard InChI is InChI=1S/C16H27N3O2/c1-3-4-5-6-7-8-9-10-15-18-11-12-19(15,14(2)17)13-16(20)21/h6-7,11-12,14H,3-5,8-10,13,17H2,1-2H3/b7-6+. The predicted octanol–water partition coefficient (Wildman–Crippen LogP) is 1.66. The summed E-state index contributed by atoms with van der Waals surface area (Å²) in [5, 5.41) is 11.0. The Bertz CT molecular complexity index is 427. The van der Waals surface area contributed by atoms with Gasteiger partial charge in [-0.1, -0.05) is 31.9 Å². The Labute approximate surface area is 127 Å². The first-order valence-electron chi connectivity index (χ1n) is 7.75. The Morgan fingerprint density at radius 2 is 2.10 bits per heavy atom. The molecule has 0 saturated carbocycles. The minimum Gasteiger partial charge on any atom is -0.544 e. The first kappa shape index (κ1) is 17.6. The minimum atomic E-state index is -1.11. The highest BCUT2D eigenvalue weighted by atomic mass is 16.4. The lowest BCUT2D eigenvalue weighted by Gasteiger charge is -2.36. The molecule has 2 unspecified atom stereocenters. The van der Waals surface area contributed by atoms with Crippen LogP contribution in [0.4, 0.5) is 0 Å². The number of hydrogen-bond acceptors (Lipinski definition) is 4. The molecule has 0 aromatic carbocycles. The number of aliphatic carboxylic acids is 1. The third-order valence-electron chi connectivity index (χ3n) is 3.82. The number of amidine groups is 1. The van der Waals surface area contributed by atoms with Crippen LogP contribution in [-0.4, -0.2) is 29.0 Å². The van der Waals surface area contributed by atoms with Crippen molar-refractivity contribution in [1.29, 1.82) is 0 Å². The number of aliphatic imine (C=N–C) groups is 1. The van der Waals surface area contributed by atoms with Gasteiger partial charge in [0.1, 0.15) is 18.9 Å². The van der Waals surface area contributed by atoms with Gasteiger partial charge >= 0.3 is 0 Å². The van der Waals surface area contributed by atoms with E-state index in [1.54, 1.807) is 19.3 Å². The summed E-state index contributed by atoms with van der Waals surface area (Å²) >= 11 is 0. The fourth-order valence-corrected chi connectivity index (χ4v) is 2.51. The molecule has 0 aromatic heterocycles. The highest BCUT2D eigenvalue weighted by molar-refractivity contribution is 5.81. The second-order valence-corrected chi connectivity index (χ2v) is 5.55. The largest absolute Gasteiger partial charge is 0.544 e. The van der Waals surface area contributed by atoms with Crippen LogP contribution in [0.25, 0.3) is 0 Å². The average molecular weight is 293 g/mol. The molecule has 0 bridgehead atoms. The van der Waals surface area contributed by atoms with Crippen molar-refractivity contribution in [2.75, 3.05) is 6.54 Å². The van der Waals surface area contributed by atoms with Crippen molar-refractivity contribution in [1.82, 2.24) is 0 Å². The number of nitrogens with zero attached hydrogens (tertiary/aromatic N) is 2. The minimum absolute atomic E-state index is 0.0852. The Hall–Kier alpha value is -1.46. The van der Waals surface area contributed by atoms with Gasteiger partial charge in [-0.05, 0) is 19.3 Å². The van der Waals surface area contributed by atoms with E-state index in [0.29, 0.717) is 0 Å². The number of carbonyl (C=O) groups excluding carboxylic acids is 1. The fourth-order valence-electron chi connectivity index (χ4n) is 2.51. The van der Waals surface area contributed by atoms with Gasteiger partial charge < -0.3 is 9.90 Å². The van der Waals surface area contributed by atoms with Crippen LogP contribution in [-0.2, 0) is 4.79 Å². The lowest BCUT2D eigenvalue weighted by atomic mass is 10.1. The zero-order valence-electron chi connectivity index (χ0n) is 13.1.